The summed E-state index contributed by atoms with van der Waals surface area (Å²) in [5.74, 6) is 2.55. The third-order valence-electron chi connectivity index (χ3n) is 3.28. The molecular formula is C15H28N4O. The van der Waals surface area contributed by atoms with E-state index in [1.54, 1.807) is 0 Å². The van der Waals surface area contributed by atoms with Gasteiger partial charge >= 0.3 is 0 Å². The highest BCUT2D eigenvalue weighted by molar-refractivity contribution is 5.49. The molecule has 1 rings (SSSR count). The Bertz CT molecular complexity index is 397. The second-order valence-electron chi connectivity index (χ2n) is 4.94. The second-order valence-corrected chi connectivity index (χ2v) is 4.94. The molecule has 0 radical (unpaired) electrons. The van der Waals surface area contributed by atoms with Gasteiger partial charge in [-0.2, -0.15) is 0 Å². The van der Waals surface area contributed by atoms with Gasteiger partial charge in [-0.3, -0.25) is 0 Å². The van der Waals surface area contributed by atoms with Gasteiger partial charge in [0, 0.05) is 32.3 Å². The Morgan fingerprint density at radius 2 is 2.05 bits per heavy atom. The molecule has 1 atom stereocenters. The summed E-state index contributed by atoms with van der Waals surface area (Å²) in [6, 6.07) is 2.47. The molecule has 114 valence electrons. The quantitative estimate of drug-likeness (QED) is 0.753. The minimum Gasteiger partial charge on any atom is -0.374 e. The van der Waals surface area contributed by atoms with Crippen LogP contribution in [0.2, 0.25) is 0 Å². The highest BCUT2D eigenvalue weighted by Crippen LogP contribution is 2.19. The second kappa shape index (κ2) is 8.74. The van der Waals surface area contributed by atoms with Crippen molar-refractivity contribution in [2.24, 2.45) is 0 Å². The zero-order valence-electron chi connectivity index (χ0n) is 13.4. The Labute approximate surface area is 122 Å². The van der Waals surface area contributed by atoms with Gasteiger partial charge in [0.2, 0.25) is 0 Å². The van der Waals surface area contributed by atoms with Crippen molar-refractivity contribution in [1.82, 2.24) is 9.97 Å². The molecule has 1 aromatic rings. The molecule has 5 nitrogen and oxygen atoms in total. The van der Waals surface area contributed by atoms with Gasteiger partial charge in [0.05, 0.1) is 0 Å². The molecule has 1 heterocycles. The van der Waals surface area contributed by atoms with Crippen molar-refractivity contribution in [3.05, 3.63) is 11.9 Å². The lowest BCUT2D eigenvalue weighted by Gasteiger charge is -2.26. The normalized spacial score (nSPS) is 12.2. The number of nitrogens with zero attached hydrogens (tertiary/aromatic N) is 3. The zero-order valence-corrected chi connectivity index (χ0v) is 13.4. The Morgan fingerprint density at radius 3 is 2.65 bits per heavy atom. The van der Waals surface area contributed by atoms with Gasteiger partial charge in [-0.25, -0.2) is 9.97 Å². The zero-order chi connectivity index (χ0) is 15.0. The molecule has 0 aliphatic carbocycles. The van der Waals surface area contributed by atoms with Crippen LogP contribution in [0.5, 0.6) is 0 Å². The van der Waals surface area contributed by atoms with E-state index in [1.807, 2.05) is 13.0 Å². The molecule has 0 saturated carbocycles. The maximum atomic E-state index is 5.42. The first kappa shape index (κ1) is 16.7. The minimum absolute atomic E-state index is 0.457. The van der Waals surface area contributed by atoms with E-state index >= 15 is 0 Å². The van der Waals surface area contributed by atoms with Crippen molar-refractivity contribution in [2.45, 2.75) is 53.2 Å². The van der Waals surface area contributed by atoms with E-state index in [0.29, 0.717) is 19.3 Å². The van der Waals surface area contributed by atoms with Gasteiger partial charge < -0.3 is 15.0 Å². The largest absolute Gasteiger partial charge is 0.374 e. The van der Waals surface area contributed by atoms with Crippen LogP contribution < -0.4 is 10.2 Å². The van der Waals surface area contributed by atoms with Crippen molar-refractivity contribution in [3.63, 3.8) is 0 Å². The fourth-order valence-electron chi connectivity index (χ4n) is 2.03. The summed E-state index contributed by atoms with van der Waals surface area (Å²) in [6.07, 6.45) is 2.32. The summed E-state index contributed by atoms with van der Waals surface area (Å²) in [6.45, 7) is 10.4. The number of hydrogen-bond acceptors (Lipinski definition) is 5. The summed E-state index contributed by atoms with van der Waals surface area (Å²) < 4.78 is 5.42. The molecule has 20 heavy (non-hydrogen) atoms. The molecule has 1 unspecified atom stereocenters. The van der Waals surface area contributed by atoms with Crippen LogP contribution in [0, 0.1) is 0 Å². The molecule has 1 aromatic heterocycles. The Hall–Kier alpha value is -1.36. The summed E-state index contributed by atoms with van der Waals surface area (Å²) in [4.78, 5) is 11.3. The Morgan fingerprint density at radius 1 is 1.30 bits per heavy atom. The van der Waals surface area contributed by atoms with Crippen LogP contribution in [0.3, 0.4) is 0 Å². The van der Waals surface area contributed by atoms with Gasteiger partial charge in [-0.1, -0.05) is 13.3 Å². The predicted molar refractivity (Wildman–Crippen MR) is 84.3 cm³/mol. The monoisotopic (exact) mass is 280 g/mol. The summed E-state index contributed by atoms with van der Waals surface area (Å²) in [5, 5.41) is 3.26. The average Bonchev–Trinajstić information content (AvgIpc) is 2.44. The van der Waals surface area contributed by atoms with Crippen molar-refractivity contribution in [2.75, 3.05) is 30.4 Å². The average molecular weight is 280 g/mol. The van der Waals surface area contributed by atoms with Crippen LogP contribution >= 0.6 is 0 Å². The summed E-state index contributed by atoms with van der Waals surface area (Å²) in [7, 11) is 2.09. The van der Waals surface area contributed by atoms with Crippen molar-refractivity contribution in [3.8, 4) is 0 Å². The van der Waals surface area contributed by atoms with Crippen LogP contribution in [0.1, 0.15) is 46.4 Å². The fourth-order valence-corrected chi connectivity index (χ4v) is 2.03. The maximum absolute atomic E-state index is 5.42. The predicted octanol–water partition coefficient (Wildman–Crippen LogP) is 3.07. The first-order valence-corrected chi connectivity index (χ1v) is 7.54. The molecule has 0 aliphatic heterocycles. The molecule has 0 aromatic carbocycles. The van der Waals surface area contributed by atoms with Gasteiger partial charge in [-0.05, 0) is 27.2 Å². The first-order chi connectivity index (χ1) is 9.62. The van der Waals surface area contributed by atoms with Crippen LogP contribution in [0.4, 0.5) is 11.6 Å². The van der Waals surface area contributed by atoms with Gasteiger partial charge in [-0.15, -0.1) is 0 Å². The lowest BCUT2D eigenvalue weighted by atomic mass is 10.2. The van der Waals surface area contributed by atoms with Crippen LogP contribution in [0.15, 0.2) is 6.07 Å². The molecule has 5 heteroatoms. The number of anilines is 2. The van der Waals surface area contributed by atoms with Crippen molar-refractivity contribution < 1.29 is 4.74 Å². The molecule has 0 amide bonds. The van der Waals surface area contributed by atoms with Crippen LogP contribution in [0.25, 0.3) is 0 Å². The lowest BCUT2D eigenvalue weighted by Crippen LogP contribution is -2.30. The van der Waals surface area contributed by atoms with E-state index in [-0.39, 0.29) is 0 Å². The molecule has 0 fully saturated rings. The van der Waals surface area contributed by atoms with Crippen LogP contribution in [-0.4, -0.2) is 36.2 Å². The van der Waals surface area contributed by atoms with Gasteiger partial charge in [0.1, 0.15) is 18.2 Å². The molecule has 0 aliphatic rings. The van der Waals surface area contributed by atoms with E-state index in [4.69, 9.17) is 4.74 Å². The summed E-state index contributed by atoms with van der Waals surface area (Å²) >= 11 is 0. The number of rotatable bonds is 9. The maximum Gasteiger partial charge on any atom is 0.158 e. The lowest BCUT2D eigenvalue weighted by molar-refractivity contribution is 0.128. The smallest absolute Gasteiger partial charge is 0.158 e. The van der Waals surface area contributed by atoms with Crippen molar-refractivity contribution >= 4 is 11.6 Å². The van der Waals surface area contributed by atoms with Crippen molar-refractivity contribution in [1.29, 1.82) is 0 Å². The molecule has 0 saturated heterocycles. The van der Waals surface area contributed by atoms with E-state index in [1.165, 1.54) is 6.42 Å². The van der Waals surface area contributed by atoms with Gasteiger partial charge in [0.15, 0.2) is 5.82 Å². The highest BCUT2D eigenvalue weighted by atomic mass is 16.5. The Balaban J connectivity index is 2.94. The topological polar surface area (TPSA) is 50.3 Å². The third-order valence-corrected chi connectivity index (χ3v) is 3.28. The minimum atomic E-state index is 0.457. The number of hydrogen-bond donors (Lipinski definition) is 1. The molecule has 0 bridgehead atoms. The van der Waals surface area contributed by atoms with Crippen LogP contribution in [-0.2, 0) is 11.3 Å². The molecule has 0 spiro atoms. The van der Waals surface area contributed by atoms with E-state index in [9.17, 15) is 0 Å². The first-order valence-electron chi connectivity index (χ1n) is 7.54. The number of nitrogens with one attached hydrogen (secondary N) is 1. The summed E-state index contributed by atoms with van der Waals surface area (Å²) in [5.41, 5.74) is 0. The standard InChI is InChI=1S/C15H28N4O/c1-6-9-12(4)19(5)15-10-13(16-7-2)17-14(18-15)11-20-8-3/h10,12H,6-9,11H2,1-5H3,(H,16,17,18). The van der Waals surface area contributed by atoms with E-state index in [0.717, 1.165) is 30.4 Å². The Kier molecular flexibility index (Phi) is 7.30. The van der Waals surface area contributed by atoms with E-state index in [2.05, 4.69) is 48.0 Å². The molecular weight excluding hydrogens is 252 g/mol. The third kappa shape index (κ3) is 4.96. The van der Waals surface area contributed by atoms with E-state index < -0.39 is 0 Å². The number of aromatic nitrogens is 2. The highest BCUT2D eigenvalue weighted by Gasteiger charge is 2.13. The number of ether oxygens (including phenoxy) is 1. The molecule has 1 N–H and O–H groups in total. The van der Waals surface area contributed by atoms with Gasteiger partial charge in [0.25, 0.3) is 0 Å². The fraction of sp³-hybridized carbons (Fsp3) is 0.733. The SMILES string of the molecule is CCCC(C)N(C)c1cc(NCC)nc(COCC)n1.